The highest BCUT2D eigenvalue weighted by Crippen LogP contribution is 2.28. The van der Waals surface area contributed by atoms with E-state index in [4.69, 9.17) is 10.8 Å². The molecule has 1 aliphatic rings. The van der Waals surface area contributed by atoms with E-state index in [1.165, 1.54) is 0 Å². The molecular formula is C11H23ClN2O2. The van der Waals surface area contributed by atoms with Crippen LogP contribution in [0.25, 0.3) is 0 Å². The second-order valence-corrected chi connectivity index (χ2v) is 4.73. The first-order valence-corrected chi connectivity index (χ1v) is 5.68. The maximum Gasteiger partial charge on any atom is 0.242 e. The van der Waals surface area contributed by atoms with Gasteiger partial charge in [-0.3, -0.25) is 4.79 Å². The minimum atomic E-state index is -0.632. The molecule has 1 amide bonds. The summed E-state index contributed by atoms with van der Waals surface area (Å²) in [6.07, 6.45) is 3.94. The van der Waals surface area contributed by atoms with Crippen LogP contribution in [0.3, 0.4) is 0 Å². The van der Waals surface area contributed by atoms with E-state index in [2.05, 4.69) is 0 Å². The predicted molar refractivity (Wildman–Crippen MR) is 66.6 cm³/mol. The number of nitrogens with two attached hydrogens (primary N) is 1. The van der Waals surface area contributed by atoms with Crippen LogP contribution in [0.15, 0.2) is 0 Å². The molecule has 0 saturated heterocycles. The fraction of sp³-hybridized carbons (Fsp3) is 0.909. The van der Waals surface area contributed by atoms with Gasteiger partial charge in [0.25, 0.3) is 0 Å². The van der Waals surface area contributed by atoms with Crippen molar-refractivity contribution in [2.75, 3.05) is 13.6 Å². The molecule has 1 fully saturated rings. The van der Waals surface area contributed by atoms with Gasteiger partial charge in [-0.25, -0.2) is 0 Å². The summed E-state index contributed by atoms with van der Waals surface area (Å²) in [5, 5.41) is 9.14. The molecule has 1 unspecified atom stereocenters. The Bertz CT molecular complexity index is 228. The molecule has 5 heteroatoms. The van der Waals surface area contributed by atoms with Gasteiger partial charge >= 0.3 is 0 Å². The summed E-state index contributed by atoms with van der Waals surface area (Å²) in [4.78, 5) is 13.6. The van der Waals surface area contributed by atoms with Crippen molar-refractivity contribution in [2.24, 2.45) is 5.73 Å². The van der Waals surface area contributed by atoms with E-state index >= 15 is 0 Å². The molecule has 3 N–H and O–H groups in total. The van der Waals surface area contributed by atoms with Crippen LogP contribution in [-0.4, -0.2) is 41.1 Å². The van der Waals surface area contributed by atoms with E-state index in [-0.39, 0.29) is 24.4 Å². The van der Waals surface area contributed by atoms with Crippen LogP contribution in [0, 0.1) is 0 Å². The van der Waals surface area contributed by atoms with Crippen molar-refractivity contribution in [3.63, 3.8) is 0 Å². The average Bonchev–Trinajstić information content (AvgIpc) is 2.61. The number of likely N-dealkylation sites (N-methyl/N-ethyl adjacent to an activating group) is 1. The molecule has 1 rings (SSSR count). The molecule has 0 bridgehead atoms. The Hall–Kier alpha value is -0.320. The second kappa shape index (κ2) is 6.42. The fourth-order valence-corrected chi connectivity index (χ4v) is 2.08. The smallest absolute Gasteiger partial charge is 0.242 e. The van der Waals surface area contributed by atoms with Gasteiger partial charge < -0.3 is 15.7 Å². The van der Waals surface area contributed by atoms with Gasteiger partial charge in [0.05, 0.1) is 11.6 Å². The quantitative estimate of drug-likeness (QED) is 0.780. The lowest BCUT2D eigenvalue weighted by atomic mass is 9.97. The number of aliphatic hydroxyl groups is 1. The largest absolute Gasteiger partial charge is 0.393 e. The normalized spacial score (nSPS) is 20.0. The zero-order valence-electron chi connectivity index (χ0n) is 10.1. The van der Waals surface area contributed by atoms with Crippen LogP contribution < -0.4 is 5.73 Å². The third-order valence-electron chi connectivity index (χ3n) is 3.15. The molecule has 0 heterocycles. The summed E-state index contributed by atoms with van der Waals surface area (Å²) >= 11 is 0. The molecule has 1 aliphatic carbocycles. The molecule has 1 atom stereocenters. The Morgan fingerprint density at radius 3 is 2.44 bits per heavy atom. The molecule has 16 heavy (non-hydrogen) atoms. The van der Waals surface area contributed by atoms with Gasteiger partial charge in [-0.15, -0.1) is 12.4 Å². The number of nitrogens with zero attached hydrogens (tertiary/aromatic N) is 1. The summed E-state index contributed by atoms with van der Waals surface area (Å²) in [7, 11) is 1.76. The van der Waals surface area contributed by atoms with E-state index in [1.54, 1.807) is 18.9 Å². The molecule has 96 valence electrons. The number of carbonyl (C=O) groups is 1. The van der Waals surface area contributed by atoms with Crippen LogP contribution >= 0.6 is 12.4 Å². The van der Waals surface area contributed by atoms with E-state index in [0.29, 0.717) is 13.0 Å². The second-order valence-electron chi connectivity index (χ2n) is 4.73. The summed E-state index contributed by atoms with van der Waals surface area (Å²) in [6.45, 7) is 2.31. The van der Waals surface area contributed by atoms with E-state index < -0.39 is 5.54 Å². The van der Waals surface area contributed by atoms with Gasteiger partial charge in [-0.2, -0.15) is 0 Å². The predicted octanol–water partition coefficient (Wildman–Crippen LogP) is 0.909. The maximum absolute atomic E-state index is 12.0. The third kappa shape index (κ3) is 3.92. The number of amides is 1. The standard InChI is InChI=1S/C11H22N2O2.ClH/c1-9(14)5-8-13(2)10(15)11(12)6-3-4-7-11;/h9,14H,3-8,12H2,1-2H3;1H. The maximum atomic E-state index is 12.0. The monoisotopic (exact) mass is 250 g/mol. The van der Waals surface area contributed by atoms with Gasteiger partial charge in [0.2, 0.25) is 5.91 Å². The van der Waals surface area contributed by atoms with E-state index in [9.17, 15) is 4.79 Å². The summed E-state index contributed by atoms with van der Waals surface area (Å²) < 4.78 is 0. The molecule has 0 spiro atoms. The number of aliphatic hydroxyl groups excluding tert-OH is 1. The zero-order chi connectivity index (χ0) is 11.5. The number of hydrogen-bond acceptors (Lipinski definition) is 3. The molecular weight excluding hydrogens is 228 g/mol. The molecule has 4 nitrogen and oxygen atoms in total. The number of carbonyl (C=O) groups excluding carboxylic acids is 1. The van der Waals surface area contributed by atoms with Crippen molar-refractivity contribution in [1.82, 2.24) is 4.90 Å². The van der Waals surface area contributed by atoms with Gasteiger partial charge in [0.1, 0.15) is 0 Å². The topological polar surface area (TPSA) is 66.6 Å². The Labute approximate surface area is 104 Å². The Kier molecular flexibility index (Phi) is 6.30. The first-order valence-electron chi connectivity index (χ1n) is 5.68. The van der Waals surface area contributed by atoms with Crippen molar-refractivity contribution in [2.45, 2.75) is 50.7 Å². The van der Waals surface area contributed by atoms with Crippen molar-refractivity contribution in [3.05, 3.63) is 0 Å². The summed E-state index contributed by atoms with van der Waals surface area (Å²) in [5.74, 6) is 0.0284. The van der Waals surface area contributed by atoms with Crippen LogP contribution in [0.2, 0.25) is 0 Å². The first-order chi connectivity index (χ1) is 6.96. The van der Waals surface area contributed by atoms with Gasteiger partial charge in [0.15, 0.2) is 0 Å². The third-order valence-corrected chi connectivity index (χ3v) is 3.15. The number of hydrogen-bond donors (Lipinski definition) is 2. The molecule has 0 aromatic rings. The van der Waals surface area contributed by atoms with E-state index in [0.717, 1.165) is 25.7 Å². The van der Waals surface area contributed by atoms with Crippen molar-refractivity contribution < 1.29 is 9.90 Å². The lowest BCUT2D eigenvalue weighted by molar-refractivity contribution is -0.135. The van der Waals surface area contributed by atoms with Gasteiger partial charge in [-0.05, 0) is 26.2 Å². The molecule has 0 aromatic heterocycles. The molecule has 0 aromatic carbocycles. The zero-order valence-corrected chi connectivity index (χ0v) is 10.9. The van der Waals surface area contributed by atoms with Crippen LogP contribution in [0.1, 0.15) is 39.0 Å². The number of halogens is 1. The van der Waals surface area contributed by atoms with Crippen molar-refractivity contribution in [3.8, 4) is 0 Å². The van der Waals surface area contributed by atoms with Crippen molar-refractivity contribution >= 4 is 18.3 Å². The highest BCUT2D eigenvalue weighted by Gasteiger charge is 2.38. The Morgan fingerprint density at radius 1 is 1.50 bits per heavy atom. The van der Waals surface area contributed by atoms with Crippen molar-refractivity contribution in [1.29, 1.82) is 0 Å². The minimum Gasteiger partial charge on any atom is -0.393 e. The number of rotatable bonds is 4. The lowest BCUT2D eigenvalue weighted by Gasteiger charge is -2.29. The van der Waals surface area contributed by atoms with Gasteiger partial charge in [-0.1, -0.05) is 12.8 Å². The Balaban J connectivity index is 0.00000225. The average molecular weight is 251 g/mol. The summed E-state index contributed by atoms with van der Waals surface area (Å²) in [6, 6.07) is 0. The van der Waals surface area contributed by atoms with Crippen LogP contribution in [0.5, 0.6) is 0 Å². The summed E-state index contributed by atoms with van der Waals surface area (Å²) in [5.41, 5.74) is 5.42. The first kappa shape index (κ1) is 15.7. The molecule has 0 radical (unpaired) electrons. The highest BCUT2D eigenvalue weighted by atomic mass is 35.5. The van der Waals surface area contributed by atoms with Crippen LogP contribution in [0.4, 0.5) is 0 Å². The Morgan fingerprint density at radius 2 is 2.00 bits per heavy atom. The SMILES string of the molecule is CC(O)CCN(C)C(=O)C1(N)CCCC1.Cl. The minimum absolute atomic E-state index is 0. The molecule has 1 saturated carbocycles. The van der Waals surface area contributed by atoms with E-state index in [1.807, 2.05) is 0 Å². The molecule has 0 aliphatic heterocycles. The fourth-order valence-electron chi connectivity index (χ4n) is 2.08. The van der Waals surface area contributed by atoms with Crippen LogP contribution in [-0.2, 0) is 4.79 Å². The lowest BCUT2D eigenvalue weighted by Crippen LogP contribution is -2.52. The van der Waals surface area contributed by atoms with Gasteiger partial charge in [0, 0.05) is 13.6 Å². The highest BCUT2D eigenvalue weighted by molar-refractivity contribution is 5.86.